The summed E-state index contributed by atoms with van der Waals surface area (Å²) in [7, 11) is 1.69. The fraction of sp³-hybridized carbons (Fsp3) is 0.294. The summed E-state index contributed by atoms with van der Waals surface area (Å²) in [4.78, 5) is 0.174. The molecule has 1 aliphatic heterocycles. The molecule has 1 heterocycles. The van der Waals surface area contributed by atoms with Crippen molar-refractivity contribution in [1.29, 1.82) is 0 Å². The number of hydrogen-bond donors (Lipinski definition) is 0. The average Bonchev–Trinajstić information content (AvgIpc) is 2.87. The van der Waals surface area contributed by atoms with E-state index in [1.165, 1.54) is 0 Å². The summed E-state index contributed by atoms with van der Waals surface area (Å²) in [6.45, 7) is 0. The largest absolute Gasteiger partial charge is 0.355 e. The maximum Gasteiger partial charge on any atom is 0.171 e. The average molecular weight is 333 g/mol. The van der Waals surface area contributed by atoms with Crippen molar-refractivity contribution in [3.05, 3.63) is 71.8 Å². The Kier molecular flexibility index (Phi) is 3.92. The van der Waals surface area contributed by atoms with E-state index in [1.54, 1.807) is 7.11 Å². The summed E-state index contributed by atoms with van der Waals surface area (Å²) >= 11 is 3.69. The second-order valence-electron chi connectivity index (χ2n) is 5.00. The number of ether oxygens (including phenoxy) is 2. The zero-order chi connectivity index (χ0) is 14.0. The van der Waals surface area contributed by atoms with Gasteiger partial charge in [-0.05, 0) is 11.1 Å². The zero-order valence-corrected chi connectivity index (χ0v) is 12.9. The molecule has 3 rings (SSSR count). The van der Waals surface area contributed by atoms with Crippen molar-refractivity contribution >= 4 is 15.9 Å². The van der Waals surface area contributed by atoms with Crippen molar-refractivity contribution in [1.82, 2.24) is 0 Å². The third-order valence-electron chi connectivity index (χ3n) is 3.81. The SMILES string of the molecule is CO[C@H]1OC(c2ccccc2)(c2ccccc2)C[C@H]1Br. The molecular formula is C17H17BrO2. The van der Waals surface area contributed by atoms with Crippen LogP contribution in [0, 0.1) is 0 Å². The van der Waals surface area contributed by atoms with Crippen LogP contribution in [0.15, 0.2) is 60.7 Å². The summed E-state index contributed by atoms with van der Waals surface area (Å²) in [6.07, 6.45) is 0.606. The van der Waals surface area contributed by atoms with E-state index in [1.807, 2.05) is 36.4 Å². The van der Waals surface area contributed by atoms with Gasteiger partial charge in [0.1, 0.15) is 5.60 Å². The van der Waals surface area contributed by atoms with Gasteiger partial charge in [0.2, 0.25) is 0 Å². The molecule has 20 heavy (non-hydrogen) atoms. The van der Waals surface area contributed by atoms with Gasteiger partial charge in [0.15, 0.2) is 6.29 Å². The topological polar surface area (TPSA) is 18.5 Å². The normalized spacial score (nSPS) is 24.7. The maximum atomic E-state index is 6.31. The van der Waals surface area contributed by atoms with E-state index in [9.17, 15) is 0 Å². The van der Waals surface area contributed by atoms with E-state index in [-0.39, 0.29) is 11.1 Å². The van der Waals surface area contributed by atoms with Crippen LogP contribution in [0.4, 0.5) is 0 Å². The molecular weight excluding hydrogens is 316 g/mol. The van der Waals surface area contributed by atoms with Crippen molar-refractivity contribution in [2.45, 2.75) is 23.1 Å². The van der Waals surface area contributed by atoms with Gasteiger partial charge in [-0.1, -0.05) is 76.6 Å². The Morgan fingerprint density at radius 2 is 1.50 bits per heavy atom. The predicted octanol–water partition coefficient (Wildman–Crippen LogP) is 4.09. The molecule has 2 aromatic rings. The van der Waals surface area contributed by atoms with E-state index >= 15 is 0 Å². The second-order valence-corrected chi connectivity index (χ2v) is 6.18. The zero-order valence-electron chi connectivity index (χ0n) is 11.3. The van der Waals surface area contributed by atoms with Crippen LogP contribution in [-0.2, 0) is 15.1 Å². The maximum absolute atomic E-state index is 6.31. The van der Waals surface area contributed by atoms with Crippen LogP contribution >= 0.6 is 15.9 Å². The van der Waals surface area contributed by atoms with Crippen molar-refractivity contribution in [2.24, 2.45) is 0 Å². The highest BCUT2D eigenvalue weighted by atomic mass is 79.9. The van der Waals surface area contributed by atoms with Crippen LogP contribution in [0.5, 0.6) is 0 Å². The lowest BCUT2D eigenvalue weighted by atomic mass is 9.84. The van der Waals surface area contributed by atoms with Crippen LogP contribution in [-0.4, -0.2) is 18.2 Å². The first-order valence-electron chi connectivity index (χ1n) is 6.72. The van der Waals surface area contributed by atoms with E-state index in [4.69, 9.17) is 9.47 Å². The van der Waals surface area contributed by atoms with Crippen molar-refractivity contribution in [2.75, 3.05) is 7.11 Å². The van der Waals surface area contributed by atoms with E-state index in [2.05, 4.69) is 40.2 Å². The van der Waals surface area contributed by atoms with Crippen molar-refractivity contribution in [3.8, 4) is 0 Å². The monoisotopic (exact) mass is 332 g/mol. The highest BCUT2D eigenvalue weighted by Crippen LogP contribution is 2.47. The molecule has 104 valence electrons. The first-order valence-corrected chi connectivity index (χ1v) is 7.63. The fourth-order valence-electron chi connectivity index (χ4n) is 2.84. The van der Waals surface area contributed by atoms with Gasteiger partial charge in [-0.25, -0.2) is 0 Å². The minimum atomic E-state index is -0.447. The molecule has 0 aromatic heterocycles. The first-order chi connectivity index (χ1) is 9.76. The standard InChI is InChI=1S/C17H17BrO2/c1-19-16-15(18)12-17(20-16,13-8-4-2-5-9-13)14-10-6-3-7-11-14/h2-11,15-16H,12H2,1H3/t15-,16+/m1/s1. The van der Waals surface area contributed by atoms with Crippen LogP contribution in [0.25, 0.3) is 0 Å². The molecule has 0 bridgehead atoms. The Morgan fingerprint density at radius 3 is 1.90 bits per heavy atom. The Bertz CT molecular complexity index is 516. The molecule has 2 aromatic carbocycles. The van der Waals surface area contributed by atoms with E-state index < -0.39 is 5.60 Å². The summed E-state index contributed by atoms with van der Waals surface area (Å²) in [5.41, 5.74) is 1.88. The predicted molar refractivity (Wildman–Crippen MR) is 82.9 cm³/mol. The molecule has 0 saturated carbocycles. The van der Waals surface area contributed by atoms with Crippen molar-refractivity contribution in [3.63, 3.8) is 0 Å². The van der Waals surface area contributed by atoms with E-state index in [0.717, 1.165) is 17.5 Å². The number of benzene rings is 2. The molecule has 1 fully saturated rings. The quantitative estimate of drug-likeness (QED) is 0.788. The molecule has 2 atom stereocenters. The number of methoxy groups -OCH3 is 1. The van der Waals surface area contributed by atoms with Gasteiger partial charge in [-0.3, -0.25) is 0 Å². The van der Waals surface area contributed by atoms with Gasteiger partial charge < -0.3 is 9.47 Å². The number of hydrogen-bond acceptors (Lipinski definition) is 2. The minimum Gasteiger partial charge on any atom is -0.355 e. The highest BCUT2D eigenvalue weighted by molar-refractivity contribution is 9.09. The highest BCUT2D eigenvalue weighted by Gasteiger charge is 2.48. The summed E-state index contributed by atoms with van der Waals surface area (Å²) in [6, 6.07) is 20.7. The van der Waals surface area contributed by atoms with Crippen LogP contribution in [0.1, 0.15) is 17.5 Å². The van der Waals surface area contributed by atoms with Gasteiger partial charge >= 0.3 is 0 Å². The van der Waals surface area contributed by atoms with Crippen LogP contribution < -0.4 is 0 Å². The lowest BCUT2D eigenvalue weighted by Crippen LogP contribution is -2.28. The fourth-order valence-corrected chi connectivity index (χ4v) is 3.62. The Balaban J connectivity index is 2.10. The van der Waals surface area contributed by atoms with Crippen LogP contribution in [0.2, 0.25) is 0 Å². The molecule has 0 N–H and O–H groups in total. The molecule has 3 heteroatoms. The molecule has 0 amide bonds. The Labute approximate surface area is 127 Å². The molecule has 0 aliphatic carbocycles. The van der Waals surface area contributed by atoms with Gasteiger partial charge in [0, 0.05) is 13.5 Å². The number of halogens is 1. The van der Waals surface area contributed by atoms with E-state index in [0.29, 0.717) is 0 Å². The molecule has 2 nitrogen and oxygen atoms in total. The summed E-state index contributed by atoms with van der Waals surface area (Å²) < 4.78 is 11.8. The lowest BCUT2D eigenvalue weighted by molar-refractivity contribution is -0.142. The molecule has 1 saturated heterocycles. The molecule has 1 aliphatic rings. The molecule has 0 spiro atoms. The third kappa shape index (κ3) is 2.30. The molecule has 0 radical (unpaired) electrons. The summed E-state index contributed by atoms with van der Waals surface area (Å²) in [5.74, 6) is 0. The first kappa shape index (κ1) is 13.8. The molecule has 0 unspecified atom stereocenters. The van der Waals surface area contributed by atoms with Gasteiger partial charge in [-0.15, -0.1) is 0 Å². The Hall–Kier alpha value is -1.16. The number of alkyl halides is 1. The van der Waals surface area contributed by atoms with Gasteiger partial charge in [0.25, 0.3) is 0 Å². The lowest BCUT2D eigenvalue weighted by Gasteiger charge is -2.30. The second kappa shape index (κ2) is 5.68. The smallest absolute Gasteiger partial charge is 0.171 e. The Morgan fingerprint density at radius 1 is 1.00 bits per heavy atom. The van der Waals surface area contributed by atoms with Gasteiger partial charge in [0.05, 0.1) is 4.83 Å². The minimum absolute atomic E-state index is 0.174. The third-order valence-corrected chi connectivity index (χ3v) is 4.56. The van der Waals surface area contributed by atoms with Crippen LogP contribution in [0.3, 0.4) is 0 Å². The number of rotatable bonds is 3. The van der Waals surface area contributed by atoms with Crippen molar-refractivity contribution < 1.29 is 9.47 Å². The van der Waals surface area contributed by atoms with Gasteiger partial charge in [-0.2, -0.15) is 0 Å². The summed E-state index contributed by atoms with van der Waals surface area (Å²) in [5, 5.41) is 0.